The zero-order valence-electron chi connectivity index (χ0n) is 12.9. The predicted octanol–water partition coefficient (Wildman–Crippen LogP) is 3.17. The molecule has 6 heteroatoms. The number of rotatable bonds is 5. The van der Waals surface area contributed by atoms with Crippen LogP contribution in [-0.4, -0.2) is 41.3 Å². The van der Waals surface area contributed by atoms with Crippen molar-refractivity contribution < 1.29 is 23.1 Å². The summed E-state index contributed by atoms with van der Waals surface area (Å²) in [6.45, 7) is 0.587. The number of aliphatic hydroxyl groups excluding tert-OH is 1. The third-order valence-electron chi connectivity index (χ3n) is 4.36. The first-order chi connectivity index (χ1) is 10.8. The molecule has 1 aromatic carbocycles. The maximum atomic E-state index is 12.2. The Morgan fingerprint density at radius 1 is 1.22 bits per heavy atom. The second-order valence-corrected chi connectivity index (χ2v) is 6.10. The standard InChI is InChI=1S/C17H22F3NO2/c18-17(19,20)12-16(23)21-10-8-14(9-11-21)15(22)7-6-13-4-2-1-3-5-13/h1-5,14-15,22H,6-12H2. The summed E-state index contributed by atoms with van der Waals surface area (Å²) in [5.74, 6) is -0.816. The van der Waals surface area contributed by atoms with Crippen molar-refractivity contribution >= 4 is 5.91 Å². The molecule has 0 aromatic heterocycles. The highest BCUT2D eigenvalue weighted by atomic mass is 19.4. The topological polar surface area (TPSA) is 40.5 Å². The molecule has 1 heterocycles. The van der Waals surface area contributed by atoms with Crippen molar-refractivity contribution in [1.82, 2.24) is 4.90 Å². The van der Waals surface area contributed by atoms with Crippen molar-refractivity contribution in [1.29, 1.82) is 0 Å². The average Bonchev–Trinajstić information content (AvgIpc) is 2.52. The number of benzene rings is 1. The van der Waals surface area contributed by atoms with Crippen LogP contribution in [-0.2, 0) is 11.2 Å². The number of carbonyl (C=O) groups is 1. The van der Waals surface area contributed by atoms with Crippen molar-refractivity contribution in [2.45, 2.75) is 44.4 Å². The number of aliphatic hydroxyl groups is 1. The van der Waals surface area contributed by atoms with E-state index >= 15 is 0 Å². The van der Waals surface area contributed by atoms with E-state index in [-0.39, 0.29) is 5.92 Å². The Morgan fingerprint density at radius 3 is 2.39 bits per heavy atom. The molecule has 0 bridgehead atoms. The summed E-state index contributed by atoms with van der Waals surface area (Å²) in [6.07, 6.45) is -3.81. The number of alkyl halides is 3. The van der Waals surface area contributed by atoms with Crippen LogP contribution in [0.25, 0.3) is 0 Å². The van der Waals surface area contributed by atoms with Gasteiger partial charge < -0.3 is 10.0 Å². The Hall–Kier alpha value is -1.56. The van der Waals surface area contributed by atoms with Crippen LogP contribution in [0.2, 0.25) is 0 Å². The molecule has 1 N–H and O–H groups in total. The second kappa shape index (κ2) is 7.81. The van der Waals surface area contributed by atoms with Crippen molar-refractivity contribution in [2.75, 3.05) is 13.1 Å². The molecule has 1 amide bonds. The lowest BCUT2D eigenvalue weighted by atomic mass is 9.88. The normalized spacial score (nSPS) is 18.0. The van der Waals surface area contributed by atoms with E-state index in [1.165, 1.54) is 4.90 Å². The lowest BCUT2D eigenvalue weighted by molar-refractivity contribution is -0.162. The van der Waals surface area contributed by atoms with Gasteiger partial charge in [0, 0.05) is 13.1 Å². The molecule has 0 radical (unpaired) electrons. The van der Waals surface area contributed by atoms with Crippen LogP contribution in [0.15, 0.2) is 30.3 Å². The number of piperidine rings is 1. The number of nitrogens with zero attached hydrogens (tertiary/aromatic N) is 1. The van der Waals surface area contributed by atoms with Crippen LogP contribution in [0.1, 0.15) is 31.2 Å². The fourth-order valence-electron chi connectivity index (χ4n) is 3.01. The molecule has 1 aromatic rings. The minimum absolute atomic E-state index is 0.0497. The quantitative estimate of drug-likeness (QED) is 0.901. The summed E-state index contributed by atoms with van der Waals surface area (Å²) >= 11 is 0. The van der Waals surface area contributed by atoms with E-state index in [2.05, 4.69) is 0 Å². The van der Waals surface area contributed by atoms with Crippen molar-refractivity contribution in [3.05, 3.63) is 35.9 Å². The summed E-state index contributed by atoms with van der Waals surface area (Å²) in [6, 6.07) is 9.85. The smallest absolute Gasteiger partial charge is 0.393 e. The molecule has 23 heavy (non-hydrogen) atoms. The first-order valence-corrected chi connectivity index (χ1v) is 7.91. The molecule has 1 saturated heterocycles. The van der Waals surface area contributed by atoms with Crippen LogP contribution in [0.4, 0.5) is 13.2 Å². The third kappa shape index (κ3) is 5.86. The summed E-state index contributed by atoms with van der Waals surface area (Å²) in [4.78, 5) is 12.8. The Balaban J connectivity index is 1.74. The SMILES string of the molecule is O=C(CC(F)(F)F)N1CCC(C(O)CCc2ccccc2)CC1. The number of carbonyl (C=O) groups excluding carboxylic acids is 1. The van der Waals surface area contributed by atoms with E-state index in [0.29, 0.717) is 32.4 Å². The van der Waals surface area contributed by atoms with E-state index < -0.39 is 24.6 Å². The Labute approximate surface area is 134 Å². The summed E-state index contributed by atoms with van der Waals surface area (Å²) in [7, 11) is 0. The van der Waals surface area contributed by atoms with Gasteiger partial charge in [0.15, 0.2) is 0 Å². The van der Waals surface area contributed by atoms with Gasteiger partial charge in [0.1, 0.15) is 6.42 Å². The monoisotopic (exact) mass is 329 g/mol. The fraction of sp³-hybridized carbons (Fsp3) is 0.588. The maximum Gasteiger partial charge on any atom is 0.397 e. The van der Waals surface area contributed by atoms with E-state index in [0.717, 1.165) is 12.0 Å². The van der Waals surface area contributed by atoms with Gasteiger partial charge in [-0.3, -0.25) is 4.79 Å². The summed E-state index contributed by atoms with van der Waals surface area (Å²) in [5, 5.41) is 10.3. The van der Waals surface area contributed by atoms with Gasteiger partial charge in [-0.1, -0.05) is 30.3 Å². The third-order valence-corrected chi connectivity index (χ3v) is 4.36. The molecule has 2 rings (SSSR count). The second-order valence-electron chi connectivity index (χ2n) is 6.10. The lowest BCUT2D eigenvalue weighted by Crippen LogP contribution is -2.42. The van der Waals surface area contributed by atoms with Gasteiger partial charge in [0.2, 0.25) is 5.91 Å². The highest BCUT2D eigenvalue weighted by molar-refractivity contribution is 5.76. The van der Waals surface area contributed by atoms with Crippen LogP contribution in [0.3, 0.4) is 0 Å². The number of halogens is 3. The van der Waals surface area contributed by atoms with Gasteiger partial charge in [0.05, 0.1) is 6.10 Å². The molecule has 0 spiro atoms. The summed E-state index contributed by atoms with van der Waals surface area (Å²) < 4.78 is 36.7. The van der Waals surface area contributed by atoms with Gasteiger partial charge in [0.25, 0.3) is 0 Å². The highest BCUT2D eigenvalue weighted by Gasteiger charge is 2.35. The van der Waals surface area contributed by atoms with Gasteiger partial charge in [-0.2, -0.15) is 13.2 Å². The summed E-state index contributed by atoms with van der Waals surface area (Å²) in [5.41, 5.74) is 1.16. The Morgan fingerprint density at radius 2 is 1.83 bits per heavy atom. The van der Waals surface area contributed by atoms with Crippen LogP contribution >= 0.6 is 0 Å². The molecule has 1 unspecified atom stereocenters. The zero-order chi connectivity index (χ0) is 16.9. The van der Waals surface area contributed by atoms with Gasteiger partial charge in [-0.05, 0) is 37.2 Å². The number of hydrogen-bond acceptors (Lipinski definition) is 2. The molecular weight excluding hydrogens is 307 g/mol. The lowest BCUT2D eigenvalue weighted by Gasteiger charge is -2.34. The molecule has 1 fully saturated rings. The predicted molar refractivity (Wildman–Crippen MR) is 80.7 cm³/mol. The minimum atomic E-state index is -4.46. The van der Waals surface area contributed by atoms with Crippen molar-refractivity contribution in [3.63, 3.8) is 0 Å². The Bertz CT molecular complexity index is 496. The van der Waals surface area contributed by atoms with Crippen LogP contribution in [0.5, 0.6) is 0 Å². The Kier molecular flexibility index (Phi) is 6.04. The van der Waals surface area contributed by atoms with Crippen molar-refractivity contribution in [2.24, 2.45) is 5.92 Å². The molecule has 1 aliphatic rings. The molecular formula is C17H22F3NO2. The first kappa shape index (κ1) is 17.8. The average molecular weight is 329 g/mol. The van der Waals surface area contributed by atoms with Crippen LogP contribution < -0.4 is 0 Å². The number of amides is 1. The molecule has 128 valence electrons. The minimum Gasteiger partial charge on any atom is -0.393 e. The van der Waals surface area contributed by atoms with E-state index in [9.17, 15) is 23.1 Å². The zero-order valence-corrected chi connectivity index (χ0v) is 12.9. The van der Waals surface area contributed by atoms with E-state index in [1.54, 1.807) is 0 Å². The largest absolute Gasteiger partial charge is 0.397 e. The van der Waals surface area contributed by atoms with Crippen LogP contribution in [0, 0.1) is 5.92 Å². The highest BCUT2D eigenvalue weighted by Crippen LogP contribution is 2.26. The molecule has 3 nitrogen and oxygen atoms in total. The number of likely N-dealkylation sites (tertiary alicyclic amines) is 1. The molecule has 0 aliphatic carbocycles. The van der Waals surface area contributed by atoms with E-state index in [4.69, 9.17) is 0 Å². The van der Waals surface area contributed by atoms with Gasteiger partial charge in [-0.15, -0.1) is 0 Å². The number of aryl methyl sites for hydroxylation is 1. The van der Waals surface area contributed by atoms with Gasteiger partial charge >= 0.3 is 6.18 Å². The first-order valence-electron chi connectivity index (χ1n) is 7.91. The van der Waals surface area contributed by atoms with Crippen molar-refractivity contribution in [3.8, 4) is 0 Å². The molecule has 0 saturated carbocycles. The number of hydrogen-bond donors (Lipinski definition) is 1. The fourth-order valence-corrected chi connectivity index (χ4v) is 3.01. The maximum absolute atomic E-state index is 12.2. The molecule has 1 atom stereocenters. The van der Waals surface area contributed by atoms with Gasteiger partial charge in [-0.25, -0.2) is 0 Å². The van der Waals surface area contributed by atoms with E-state index in [1.807, 2.05) is 30.3 Å². The molecule has 1 aliphatic heterocycles.